The van der Waals surface area contributed by atoms with E-state index < -0.39 is 0 Å². The second-order valence-corrected chi connectivity index (χ2v) is 4.86. The molecule has 1 atom stereocenters. The summed E-state index contributed by atoms with van der Waals surface area (Å²) in [6, 6.07) is 14.0. The molecule has 3 rings (SSSR count). The molecule has 0 bridgehead atoms. The molecule has 0 aliphatic carbocycles. The molecule has 0 aliphatic rings. The van der Waals surface area contributed by atoms with Crippen molar-refractivity contribution in [1.29, 1.82) is 0 Å². The summed E-state index contributed by atoms with van der Waals surface area (Å²) < 4.78 is 19.0. The van der Waals surface area contributed by atoms with E-state index in [1.54, 1.807) is 6.07 Å². The van der Waals surface area contributed by atoms with Crippen LogP contribution in [0.25, 0.3) is 11.0 Å². The number of halogens is 1. The van der Waals surface area contributed by atoms with Gasteiger partial charge in [-0.1, -0.05) is 31.2 Å². The lowest BCUT2D eigenvalue weighted by Crippen LogP contribution is -2.13. The van der Waals surface area contributed by atoms with Crippen LogP contribution in [0.1, 0.15) is 29.9 Å². The van der Waals surface area contributed by atoms with Crippen LogP contribution in [-0.2, 0) is 6.42 Å². The number of rotatable bonds is 3. The van der Waals surface area contributed by atoms with Gasteiger partial charge in [0.15, 0.2) is 0 Å². The predicted octanol–water partition coefficient (Wildman–Crippen LogP) is 4.18. The monoisotopic (exact) mass is 269 g/mol. The number of benzene rings is 2. The minimum Gasteiger partial charge on any atom is -0.459 e. The van der Waals surface area contributed by atoms with Gasteiger partial charge in [-0.2, -0.15) is 0 Å². The molecule has 102 valence electrons. The van der Waals surface area contributed by atoms with E-state index >= 15 is 0 Å². The van der Waals surface area contributed by atoms with Crippen molar-refractivity contribution in [3.05, 3.63) is 71.2 Å². The highest BCUT2D eigenvalue weighted by Crippen LogP contribution is 2.29. The molecule has 2 aromatic carbocycles. The highest BCUT2D eigenvalue weighted by Gasteiger charge is 2.16. The highest BCUT2D eigenvalue weighted by molar-refractivity contribution is 5.78. The average molecular weight is 269 g/mol. The van der Waals surface area contributed by atoms with Gasteiger partial charge in [0, 0.05) is 5.39 Å². The number of nitrogens with two attached hydrogens (primary N) is 1. The van der Waals surface area contributed by atoms with Crippen molar-refractivity contribution in [3.63, 3.8) is 0 Å². The lowest BCUT2D eigenvalue weighted by atomic mass is 9.97. The van der Waals surface area contributed by atoms with E-state index in [9.17, 15) is 4.39 Å². The number of hydrogen-bond donors (Lipinski definition) is 1. The zero-order chi connectivity index (χ0) is 14.1. The Labute approximate surface area is 117 Å². The average Bonchev–Trinajstić information content (AvgIpc) is 2.89. The SMILES string of the molecule is CCc1ccccc1C(N)c1cc2cc(F)ccc2o1. The van der Waals surface area contributed by atoms with Gasteiger partial charge >= 0.3 is 0 Å². The largest absolute Gasteiger partial charge is 0.459 e. The Hall–Kier alpha value is -2.13. The molecule has 0 aliphatic heterocycles. The van der Waals surface area contributed by atoms with Gasteiger partial charge in [-0.05, 0) is 41.8 Å². The van der Waals surface area contributed by atoms with Crippen LogP contribution < -0.4 is 5.73 Å². The van der Waals surface area contributed by atoms with Crippen molar-refractivity contribution in [2.24, 2.45) is 5.73 Å². The third kappa shape index (κ3) is 2.21. The molecule has 0 saturated carbocycles. The lowest BCUT2D eigenvalue weighted by molar-refractivity contribution is 0.523. The third-order valence-corrected chi connectivity index (χ3v) is 3.57. The first-order chi connectivity index (χ1) is 9.69. The Bertz CT molecular complexity index is 748. The molecule has 3 aromatic rings. The first-order valence-electron chi connectivity index (χ1n) is 6.71. The fourth-order valence-electron chi connectivity index (χ4n) is 2.50. The number of furan rings is 1. The van der Waals surface area contributed by atoms with Gasteiger partial charge in [-0.3, -0.25) is 0 Å². The highest BCUT2D eigenvalue weighted by atomic mass is 19.1. The van der Waals surface area contributed by atoms with Crippen molar-refractivity contribution in [1.82, 2.24) is 0 Å². The Morgan fingerprint density at radius 1 is 1.15 bits per heavy atom. The maximum absolute atomic E-state index is 13.2. The molecule has 20 heavy (non-hydrogen) atoms. The predicted molar refractivity (Wildman–Crippen MR) is 78.0 cm³/mol. The summed E-state index contributed by atoms with van der Waals surface area (Å²) in [4.78, 5) is 0. The molecular formula is C17H16FNO. The second kappa shape index (κ2) is 5.10. The van der Waals surface area contributed by atoms with Crippen molar-refractivity contribution in [2.45, 2.75) is 19.4 Å². The van der Waals surface area contributed by atoms with E-state index in [4.69, 9.17) is 10.2 Å². The topological polar surface area (TPSA) is 39.2 Å². The van der Waals surface area contributed by atoms with E-state index in [2.05, 4.69) is 13.0 Å². The molecular weight excluding hydrogens is 253 g/mol. The van der Waals surface area contributed by atoms with E-state index in [0.717, 1.165) is 17.4 Å². The van der Waals surface area contributed by atoms with Crippen LogP contribution in [0.5, 0.6) is 0 Å². The first kappa shape index (κ1) is 12.9. The van der Waals surface area contributed by atoms with Crippen molar-refractivity contribution in [2.75, 3.05) is 0 Å². The lowest BCUT2D eigenvalue weighted by Gasteiger charge is -2.13. The first-order valence-corrected chi connectivity index (χ1v) is 6.71. The van der Waals surface area contributed by atoms with Gasteiger partial charge in [0.25, 0.3) is 0 Å². The van der Waals surface area contributed by atoms with Crippen LogP contribution >= 0.6 is 0 Å². The second-order valence-electron chi connectivity index (χ2n) is 4.86. The van der Waals surface area contributed by atoms with Crippen LogP contribution in [0.15, 0.2) is 52.9 Å². The number of aryl methyl sites for hydroxylation is 1. The van der Waals surface area contributed by atoms with Crippen LogP contribution in [0, 0.1) is 5.82 Å². The van der Waals surface area contributed by atoms with E-state index in [1.165, 1.54) is 17.7 Å². The standard InChI is InChI=1S/C17H16FNO/c1-2-11-5-3-4-6-14(11)17(19)16-10-12-9-13(18)7-8-15(12)20-16/h3-10,17H,2,19H2,1H3. The summed E-state index contributed by atoms with van der Waals surface area (Å²) in [6.07, 6.45) is 0.915. The third-order valence-electron chi connectivity index (χ3n) is 3.57. The van der Waals surface area contributed by atoms with Gasteiger partial charge in [-0.25, -0.2) is 4.39 Å². The molecule has 0 saturated heterocycles. The summed E-state index contributed by atoms with van der Waals surface area (Å²) in [7, 11) is 0. The normalized spacial score (nSPS) is 12.8. The number of hydrogen-bond acceptors (Lipinski definition) is 2. The maximum Gasteiger partial charge on any atom is 0.134 e. The summed E-state index contributed by atoms with van der Waals surface area (Å²) in [6.45, 7) is 2.10. The van der Waals surface area contributed by atoms with Gasteiger partial charge < -0.3 is 10.2 Å². The molecule has 3 heteroatoms. The van der Waals surface area contributed by atoms with Crippen molar-refractivity contribution >= 4 is 11.0 Å². The molecule has 0 fully saturated rings. The maximum atomic E-state index is 13.2. The van der Waals surface area contributed by atoms with Gasteiger partial charge in [-0.15, -0.1) is 0 Å². The molecule has 1 unspecified atom stereocenters. The van der Waals surface area contributed by atoms with Gasteiger partial charge in [0.05, 0.1) is 6.04 Å². The van der Waals surface area contributed by atoms with Crippen LogP contribution in [0.2, 0.25) is 0 Å². The molecule has 1 aromatic heterocycles. The minimum absolute atomic E-state index is 0.271. The fourth-order valence-corrected chi connectivity index (χ4v) is 2.50. The Morgan fingerprint density at radius 3 is 2.75 bits per heavy atom. The zero-order valence-electron chi connectivity index (χ0n) is 11.3. The quantitative estimate of drug-likeness (QED) is 0.774. The molecule has 2 N–H and O–H groups in total. The Balaban J connectivity index is 2.05. The minimum atomic E-state index is -0.332. The Kier molecular flexibility index (Phi) is 3.28. The van der Waals surface area contributed by atoms with Gasteiger partial charge in [0.1, 0.15) is 17.2 Å². The summed E-state index contributed by atoms with van der Waals surface area (Å²) in [5, 5.41) is 0.740. The van der Waals surface area contributed by atoms with Gasteiger partial charge in [0.2, 0.25) is 0 Å². The molecule has 0 radical (unpaired) electrons. The molecule has 2 nitrogen and oxygen atoms in total. The van der Waals surface area contributed by atoms with E-state index in [1.807, 2.05) is 24.3 Å². The van der Waals surface area contributed by atoms with Crippen molar-refractivity contribution < 1.29 is 8.81 Å². The summed E-state index contributed by atoms with van der Waals surface area (Å²) in [5.74, 6) is 0.388. The van der Waals surface area contributed by atoms with E-state index in [0.29, 0.717) is 11.3 Å². The smallest absolute Gasteiger partial charge is 0.134 e. The molecule has 1 heterocycles. The van der Waals surface area contributed by atoms with Crippen LogP contribution in [0.3, 0.4) is 0 Å². The van der Waals surface area contributed by atoms with Crippen LogP contribution in [0.4, 0.5) is 4.39 Å². The Morgan fingerprint density at radius 2 is 1.95 bits per heavy atom. The molecule has 0 amide bonds. The zero-order valence-corrected chi connectivity index (χ0v) is 11.3. The fraction of sp³-hybridized carbons (Fsp3) is 0.176. The number of fused-ring (bicyclic) bond motifs is 1. The molecule has 0 spiro atoms. The summed E-state index contributed by atoms with van der Waals surface area (Å²) in [5.41, 5.74) is 9.22. The summed E-state index contributed by atoms with van der Waals surface area (Å²) >= 11 is 0. The van der Waals surface area contributed by atoms with Crippen molar-refractivity contribution in [3.8, 4) is 0 Å². The van der Waals surface area contributed by atoms with E-state index in [-0.39, 0.29) is 11.9 Å². The van der Waals surface area contributed by atoms with Crippen LogP contribution in [-0.4, -0.2) is 0 Å².